The van der Waals surface area contributed by atoms with E-state index in [-0.39, 0.29) is 30.8 Å². The minimum Gasteiger partial charge on any atom is -0.462 e. The van der Waals surface area contributed by atoms with Gasteiger partial charge in [-0.3, -0.25) is 9.59 Å². The Hall–Kier alpha value is -1.26. The summed E-state index contributed by atoms with van der Waals surface area (Å²) >= 11 is 0. The Kier molecular flexibility index (Phi) is 15.1. The maximum absolute atomic E-state index is 14.0. The summed E-state index contributed by atoms with van der Waals surface area (Å²) in [5, 5.41) is 45.7. The minimum atomic E-state index is -1.71. The summed E-state index contributed by atoms with van der Waals surface area (Å²) in [6.07, 6.45) is -8.29. The third kappa shape index (κ3) is 9.79. The number of likely N-dealkylation sites (N-methyl/N-ethyl adjacent to an activating group) is 1. The van der Waals surface area contributed by atoms with E-state index in [4.69, 9.17) is 28.4 Å². The first-order valence-corrected chi connectivity index (χ1v) is 18.1. The third-order valence-corrected chi connectivity index (χ3v) is 11.3. The molecule has 0 radical (unpaired) electrons. The van der Waals surface area contributed by atoms with Crippen molar-refractivity contribution in [2.24, 2.45) is 29.6 Å². The van der Waals surface area contributed by atoms with Gasteiger partial charge < -0.3 is 53.7 Å². The minimum absolute atomic E-state index is 0.0422. The molecule has 49 heavy (non-hydrogen) atoms. The van der Waals surface area contributed by atoms with E-state index in [9.17, 15) is 30.0 Å². The summed E-state index contributed by atoms with van der Waals surface area (Å²) in [5.74, 6) is -4.55. The number of hydrogen-bond donors (Lipinski definition) is 4. The SMILES string of the molecule is CC[C@H]1OC(=O)[C@H](C)[C@@H](OC2CC(OC)C(O)C(C)O2)[C@H](C)[C@@H](OC2OC(C)CC(N(C)C)C2O)[C@](C)(O)C[C@@H](C)C(=O)[C@H](C)[C@@H](O)[C@H]1C. The quantitative estimate of drug-likeness (QED) is 0.285. The van der Waals surface area contributed by atoms with Gasteiger partial charge in [0.05, 0.1) is 48.1 Å². The number of nitrogens with zero attached hydrogens (tertiary/aromatic N) is 1. The molecule has 3 heterocycles. The van der Waals surface area contributed by atoms with Gasteiger partial charge in [0.2, 0.25) is 0 Å². The Morgan fingerprint density at radius 1 is 0.878 bits per heavy atom. The number of carbonyl (C=O) groups excluding carboxylic acids is 2. The molecule has 0 aromatic carbocycles. The molecule has 3 fully saturated rings. The smallest absolute Gasteiger partial charge is 0.311 e. The molecule has 0 spiro atoms. The molecule has 8 unspecified atom stereocenters. The van der Waals surface area contributed by atoms with Gasteiger partial charge in [0, 0.05) is 43.2 Å². The molecule has 0 aliphatic carbocycles. The molecule has 3 aliphatic heterocycles. The van der Waals surface area contributed by atoms with E-state index in [1.807, 2.05) is 32.8 Å². The van der Waals surface area contributed by atoms with Gasteiger partial charge in [-0.2, -0.15) is 0 Å². The van der Waals surface area contributed by atoms with Crippen LogP contribution in [-0.2, 0) is 38.0 Å². The van der Waals surface area contributed by atoms with Crippen molar-refractivity contribution in [3.63, 3.8) is 0 Å². The summed E-state index contributed by atoms with van der Waals surface area (Å²) in [7, 11) is 5.22. The monoisotopic (exact) mass is 703 g/mol. The van der Waals surface area contributed by atoms with Crippen molar-refractivity contribution in [2.75, 3.05) is 21.2 Å². The molecule has 0 aromatic heterocycles. The van der Waals surface area contributed by atoms with Crippen LogP contribution in [0.3, 0.4) is 0 Å². The Morgan fingerprint density at radius 3 is 2.08 bits per heavy atom. The molecule has 18 atom stereocenters. The van der Waals surface area contributed by atoms with E-state index in [0.29, 0.717) is 12.8 Å². The van der Waals surface area contributed by atoms with Crippen LogP contribution < -0.4 is 0 Å². The average Bonchev–Trinajstić information content (AvgIpc) is 3.04. The van der Waals surface area contributed by atoms with E-state index in [2.05, 4.69) is 0 Å². The van der Waals surface area contributed by atoms with Gasteiger partial charge in [-0.1, -0.05) is 34.6 Å². The van der Waals surface area contributed by atoms with E-state index in [0.717, 1.165) is 0 Å². The van der Waals surface area contributed by atoms with E-state index < -0.39 is 103 Å². The van der Waals surface area contributed by atoms with Gasteiger partial charge in [0.1, 0.15) is 24.1 Å². The predicted molar refractivity (Wildman–Crippen MR) is 180 cm³/mol. The zero-order chi connectivity index (χ0) is 37.1. The summed E-state index contributed by atoms with van der Waals surface area (Å²) < 4.78 is 36.9. The molecule has 3 rings (SSSR count). The fourth-order valence-electron chi connectivity index (χ4n) is 8.09. The lowest BCUT2D eigenvalue weighted by atomic mass is 9.74. The van der Waals surface area contributed by atoms with Crippen LogP contribution in [0.25, 0.3) is 0 Å². The molecule has 3 aliphatic rings. The topological polar surface area (TPSA) is 174 Å². The highest BCUT2D eigenvalue weighted by molar-refractivity contribution is 5.83. The standard InChI is InChI=1S/C36H65NO12/c1-13-25-19(4)29(39)20(5)28(38)17(2)16-36(9,43)33(49-35-31(41)24(37(10)11)14-18(3)45-35)21(6)32(22(7)34(42)47-25)48-27-15-26(44-12)30(40)23(8)46-27/h17-27,29-33,35,39-41,43H,13-16H2,1-12H3/t17-,18?,19+,20+,21+,22-,23?,24?,25-,26?,27?,29+,30?,31?,32+,33-,35?,36-/m1/s1. The van der Waals surface area contributed by atoms with Crippen LogP contribution in [0.5, 0.6) is 0 Å². The number of ether oxygens (including phenoxy) is 6. The Morgan fingerprint density at radius 2 is 1.51 bits per heavy atom. The first-order valence-electron chi connectivity index (χ1n) is 18.1. The average molecular weight is 704 g/mol. The van der Waals surface area contributed by atoms with Crippen LogP contribution in [0, 0.1) is 29.6 Å². The first-order chi connectivity index (χ1) is 22.7. The lowest BCUT2D eigenvalue weighted by Crippen LogP contribution is -2.60. The van der Waals surface area contributed by atoms with Crippen molar-refractivity contribution in [3.05, 3.63) is 0 Å². The number of Topliss-reactive ketones (excluding diaryl/α,β-unsaturated/α-hetero) is 1. The van der Waals surface area contributed by atoms with Crippen molar-refractivity contribution in [1.29, 1.82) is 0 Å². The number of methoxy groups -OCH3 is 1. The Balaban J connectivity index is 2.13. The first kappa shape index (κ1) is 42.2. The summed E-state index contributed by atoms with van der Waals surface area (Å²) in [5.41, 5.74) is -1.71. The lowest BCUT2D eigenvalue weighted by molar-refractivity contribution is -0.311. The van der Waals surface area contributed by atoms with Gasteiger partial charge in [-0.25, -0.2) is 0 Å². The van der Waals surface area contributed by atoms with Gasteiger partial charge in [0.25, 0.3) is 0 Å². The van der Waals surface area contributed by atoms with Crippen molar-refractivity contribution < 1.29 is 58.4 Å². The molecule has 0 saturated carbocycles. The summed E-state index contributed by atoms with van der Waals surface area (Å²) in [6.45, 7) is 15.6. The second kappa shape index (κ2) is 17.5. The fraction of sp³-hybridized carbons (Fsp3) is 0.944. The molecule has 0 aromatic rings. The normalized spacial score (nSPS) is 48.2. The maximum atomic E-state index is 14.0. The third-order valence-electron chi connectivity index (χ3n) is 11.3. The molecule has 0 bridgehead atoms. The van der Waals surface area contributed by atoms with Crippen LogP contribution in [0.1, 0.15) is 88.0 Å². The lowest BCUT2D eigenvalue weighted by Gasteiger charge is -2.48. The highest BCUT2D eigenvalue weighted by Gasteiger charge is 2.51. The highest BCUT2D eigenvalue weighted by Crippen LogP contribution is 2.39. The molecule has 13 nitrogen and oxygen atoms in total. The fourth-order valence-corrected chi connectivity index (χ4v) is 8.09. The van der Waals surface area contributed by atoms with E-state index >= 15 is 0 Å². The molecule has 0 amide bonds. The number of rotatable bonds is 7. The van der Waals surface area contributed by atoms with Gasteiger partial charge in [0.15, 0.2) is 12.6 Å². The van der Waals surface area contributed by atoms with Gasteiger partial charge >= 0.3 is 5.97 Å². The van der Waals surface area contributed by atoms with Gasteiger partial charge in [-0.05, 0) is 61.1 Å². The van der Waals surface area contributed by atoms with E-state index in [1.165, 1.54) is 7.11 Å². The van der Waals surface area contributed by atoms with Crippen molar-refractivity contribution in [2.45, 2.75) is 167 Å². The zero-order valence-electron chi connectivity index (χ0n) is 31.6. The largest absolute Gasteiger partial charge is 0.462 e. The van der Waals surface area contributed by atoms with Crippen molar-refractivity contribution in [3.8, 4) is 0 Å². The number of cyclic esters (lactones) is 1. The molecule has 286 valence electrons. The number of ketones is 1. The summed E-state index contributed by atoms with van der Waals surface area (Å²) in [4.78, 5) is 29.6. The number of hydrogen-bond acceptors (Lipinski definition) is 13. The predicted octanol–water partition coefficient (Wildman–Crippen LogP) is 2.28. The van der Waals surface area contributed by atoms with Crippen LogP contribution in [0.4, 0.5) is 0 Å². The number of esters is 1. The van der Waals surface area contributed by atoms with Crippen molar-refractivity contribution in [1.82, 2.24) is 4.90 Å². The second-order valence-corrected chi connectivity index (χ2v) is 15.5. The van der Waals surface area contributed by atoms with Crippen LogP contribution in [0.2, 0.25) is 0 Å². The number of aliphatic hydroxyl groups is 4. The van der Waals surface area contributed by atoms with Gasteiger partial charge in [-0.15, -0.1) is 0 Å². The van der Waals surface area contributed by atoms with E-state index in [1.54, 1.807) is 48.5 Å². The molecule has 3 saturated heterocycles. The molecular weight excluding hydrogens is 638 g/mol. The van der Waals surface area contributed by atoms with Crippen molar-refractivity contribution >= 4 is 11.8 Å². The number of aliphatic hydroxyl groups excluding tert-OH is 3. The molecule has 13 heteroatoms. The summed E-state index contributed by atoms with van der Waals surface area (Å²) in [6, 6.07) is -0.293. The van der Waals surface area contributed by atoms with Crippen LogP contribution in [-0.4, -0.2) is 137 Å². The Bertz CT molecular complexity index is 1070. The number of carbonyl (C=O) groups is 2. The maximum Gasteiger partial charge on any atom is 0.311 e. The Labute approximate surface area is 292 Å². The molecule has 4 N–H and O–H groups in total. The highest BCUT2D eigenvalue weighted by atomic mass is 16.7. The van der Waals surface area contributed by atoms with Crippen LogP contribution >= 0.6 is 0 Å². The zero-order valence-corrected chi connectivity index (χ0v) is 31.6. The molecular formula is C36H65NO12. The second-order valence-electron chi connectivity index (χ2n) is 15.5. The van der Waals surface area contributed by atoms with Crippen LogP contribution in [0.15, 0.2) is 0 Å².